The second kappa shape index (κ2) is 5.25. The highest BCUT2D eigenvalue weighted by atomic mass is 19.2. The van der Waals surface area contributed by atoms with Gasteiger partial charge in [-0.3, -0.25) is 5.84 Å². The summed E-state index contributed by atoms with van der Waals surface area (Å²) in [6, 6.07) is 11.1. The van der Waals surface area contributed by atoms with Gasteiger partial charge >= 0.3 is 0 Å². The Morgan fingerprint density at radius 2 is 1.72 bits per heavy atom. The number of halogens is 2. The number of hydrogen-bond acceptors (Lipinski definition) is 2. The second-order valence-electron chi connectivity index (χ2n) is 4.19. The van der Waals surface area contributed by atoms with Crippen molar-refractivity contribution in [3.8, 4) is 0 Å². The molecule has 2 rings (SSSR count). The topological polar surface area (TPSA) is 38.0 Å². The van der Waals surface area contributed by atoms with E-state index in [4.69, 9.17) is 5.84 Å². The number of rotatable bonds is 3. The zero-order chi connectivity index (χ0) is 13.1. The Labute approximate surface area is 104 Å². The normalized spacial score (nSPS) is 12.4. The lowest BCUT2D eigenvalue weighted by atomic mass is 9.98. The molecular weight excluding hydrogens is 234 g/mol. The molecule has 2 nitrogen and oxygen atoms in total. The summed E-state index contributed by atoms with van der Waals surface area (Å²) in [5.74, 6) is 3.77. The quantitative estimate of drug-likeness (QED) is 0.647. The molecule has 0 heterocycles. The number of hydrazine groups is 1. The van der Waals surface area contributed by atoms with Crippen molar-refractivity contribution >= 4 is 0 Å². The van der Waals surface area contributed by atoms with Crippen LogP contribution in [-0.4, -0.2) is 0 Å². The number of hydrogen-bond donors (Lipinski definition) is 2. The van der Waals surface area contributed by atoms with Gasteiger partial charge in [-0.25, -0.2) is 14.2 Å². The van der Waals surface area contributed by atoms with Gasteiger partial charge in [-0.2, -0.15) is 0 Å². The molecule has 0 bridgehead atoms. The molecule has 0 amide bonds. The van der Waals surface area contributed by atoms with Gasteiger partial charge in [0.2, 0.25) is 0 Å². The molecule has 1 atom stereocenters. The fourth-order valence-electron chi connectivity index (χ4n) is 1.93. The maximum Gasteiger partial charge on any atom is 0.159 e. The van der Waals surface area contributed by atoms with E-state index in [1.165, 1.54) is 6.07 Å². The van der Waals surface area contributed by atoms with E-state index >= 15 is 0 Å². The first-order valence-electron chi connectivity index (χ1n) is 5.59. The van der Waals surface area contributed by atoms with E-state index in [0.29, 0.717) is 5.56 Å². The number of nitrogens with two attached hydrogens (primary N) is 1. The molecule has 1 unspecified atom stereocenters. The number of aryl methyl sites for hydroxylation is 1. The van der Waals surface area contributed by atoms with E-state index < -0.39 is 11.6 Å². The van der Waals surface area contributed by atoms with Crippen molar-refractivity contribution in [3.05, 3.63) is 70.8 Å². The third-order valence-corrected chi connectivity index (χ3v) is 2.82. The summed E-state index contributed by atoms with van der Waals surface area (Å²) < 4.78 is 26.1. The maximum absolute atomic E-state index is 13.2. The zero-order valence-corrected chi connectivity index (χ0v) is 9.95. The molecule has 2 aromatic rings. The molecule has 0 aromatic heterocycles. The molecule has 3 N–H and O–H groups in total. The highest BCUT2D eigenvalue weighted by molar-refractivity contribution is 5.34. The second-order valence-corrected chi connectivity index (χ2v) is 4.19. The summed E-state index contributed by atoms with van der Waals surface area (Å²) in [6.45, 7) is 1.96. The lowest BCUT2D eigenvalue weighted by molar-refractivity contribution is 0.504. The smallest absolute Gasteiger partial charge is 0.159 e. The average Bonchev–Trinajstić information content (AvgIpc) is 2.35. The monoisotopic (exact) mass is 248 g/mol. The fourth-order valence-corrected chi connectivity index (χ4v) is 1.93. The van der Waals surface area contributed by atoms with Crippen LogP contribution in [0.3, 0.4) is 0 Å². The summed E-state index contributed by atoms with van der Waals surface area (Å²) in [6.07, 6.45) is 0. The minimum atomic E-state index is -0.875. The van der Waals surface area contributed by atoms with Gasteiger partial charge in [-0.05, 0) is 30.2 Å². The third-order valence-electron chi connectivity index (χ3n) is 2.82. The van der Waals surface area contributed by atoms with Gasteiger partial charge in [0.15, 0.2) is 11.6 Å². The molecule has 0 saturated heterocycles. The van der Waals surface area contributed by atoms with Crippen molar-refractivity contribution < 1.29 is 8.78 Å². The van der Waals surface area contributed by atoms with Crippen LogP contribution >= 0.6 is 0 Å². The van der Waals surface area contributed by atoms with Crippen molar-refractivity contribution in [2.45, 2.75) is 13.0 Å². The maximum atomic E-state index is 13.2. The lowest BCUT2D eigenvalue weighted by Crippen LogP contribution is -2.29. The molecule has 0 fully saturated rings. The molecule has 0 aliphatic carbocycles. The lowest BCUT2D eigenvalue weighted by Gasteiger charge is -2.17. The van der Waals surface area contributed by atoms with E-state index in [9.17, 15) is 8.78 Å². The summed E-state index contributed by atoms with van der Waals surface area (Å²) in [5, 5.41) is 0. The van der Waals surface area contributed by atoms with Gasteiger partial charge in [0.05, 0.1) is 6.04 Å². The average molecular weight is 248 g/mol. The molecular formula is C14H14F2N2. The van der Waals surface area contributed by atoms with Gasteiger partial charge in [0.1, 0.15) is 0 Å². The molecule has 0 radical (unpaired) electrons. The van der Waals surface area contributed by atoms with Crippen molar-refractivity contribution in [1.29, 1.82) is 0 Å². The molecule has 18 heavy (non-hydrogen) atoms. The molecule has 0 aliphatic rings. The van der Waals surface area contributed by atoms with Crippen molar-refractivity contribution in [3.63, 3.8) is 0 Å². The molecule has 4 heteroatoms. The van der Waals surface area contributed by atoms with Gasteiger partial charge in [0.25, 0.3) is 0 Å². The first-order chi connectivity index (χ1) is 8.61. The molecule has 2 aromatic carbocycles. The highest BCUT2D eigenvalue weighted by Crippen LogP contribution is 2.23. The van der Waals surface area contributed by atoms with Crippen molar-refractivity contribution in [1.82, 2.24) is 5.43 Å². The van der Waals surface area contributed by atoms with Crippen molar-refractivity contribution in [2.75, 3.05) is 0 Å². The van der Waals surface area contributed by atoms with E-state index in [1.807, 2.05) is 31.2 Å². The van der Waals surface area contributed by atoms with E-state index in [1.54, 1.807) is 0 Å². The van der Waals surface area contributed by atoms with E-state index in [-0.39, 0.29) is 6.04 Å². The van der Waals surface area contributed by atoms with Crippen LogP contribution in [0, 0.1) is 18.6 Å². The van der Waals surface area contributed by atoms with Crippen LogP contribution in [0.15, 0.2) is 42.5 Å². The van der Waals surface area contributed by atoms with Gasteiger partial charge in [-0.15, -0.1) is 0 Å². The Balaban J connectivity index is 2.42. The van der Waals surface area contributed by atoms with Crippen LogP contribution in [0.1, 0.15) is 22.7 Å². The standard InChI is InChI=1S/C14H14F2N2/c1-9-3-2-4-10(7-9)14(18-17)11-5-6-12(15)13(16)8-11/h2-8,14,18H,17H2,1H3. The largest absolute Gasteiger partial charge is 0.271 e. The van der Waals surface area contributed by atoms with Crippen molar-refractivity contribution in [2.24, 2.45) is 5.84 Å². The van der Waals surface area contributed by atoms with Gasteiger partial charge in [0, 0.05) is 0 Å². The summed E-state index contributed by atoms with van der Waals surface area (Å²) >= 11 is 0. The number of benzene rings is 2. The Morgan fingerprint density at radius 1 is 1.00 bits per heavy atom. The Kier molecular flexibility index (Phi) is 3.69. The number of nitrogens with one attached hydrogen (secondary N) is 1. The summed E-state index contributed by atoms with van der Waals surface area (Å²) in [7, 11) is 0. The molecule has 0 spiro atoms. The van der Waals surface area contributed by atoms with E-state index in [0.717, 1.165) is 23.3 Å². The molecule has 94 valence electrons. The van der Waals surface area contributed by atoms with Gasteiger partial charge in [-0.1, -0.05) is 35.9 Å². The highest BCUT2D eigenvalue weighted by Gasteiger charge is 2.14. The predicted molar refractivity (Wildman–Crippen MR) is 66.7 cm³/mol. The van der Waals surface area contributed by atoms with Crippen LogP contribution in [0.2, 0.25) is 0 Å². The molecule has 0 saturated carbocycles. The first-order valence-corrected chi connectivity index (χ1v) is 5.59. The third kappa shape index (κ3) is 2.55. The SMILES string of the molecule is Cc1cccc(C(NN)c2ccc(F)c(F)c2)c1. The molecule has 0 aliphatic heterocycles. The van der Waals surface area contributed by atoms with Crippen LogP contribution in [0.4, 0.5) is 8.78 Å². The Bertz CT molecular complexity index is 555. The Hall–Kier alpha value is -1.78. The summed E-state index contributed by atoms with van der Waals surface area (Å²) in [5.41, 5.74) is 5.19. The Morgan fingerprint density at radius 3 is 2.33 bits per heavy atom. The predicted octanol–water partition coefficient (Wildman–Crippen LogP) is 2.83. The fraction of sp³-hybridized carbons (Fsp3) is 0.143. The van der Waals surface area contributed by atoms with E-state index in [2.05, 4.69) is 5.43 Å². The minimum Gasteiger partial charge on any atom is -0.271 e. The zero-order valence-electron chi connectivity index (χ0n) is 9.95. The van der Waals surface area contributed by atoms with Crippen LogP contribution in [0.25, 0.3) is 0 Å². The van der Waals surface area contributed by atoms with Crippen LogP contribution < -0.4 is 11.3 Å². The van der Waals surface area contributed by atoms with Gasteiger partial charge < -0.3 is 0 Å². The van der Waals surface area contributed by atoms with Crippen LogP contribution in [0.5, 0.6) is 0 Å². The minimum absolute atomic E-state index is 0.361. The van der Waals surface area contributed by atoms with Crippen LogP contribution in [-0.2, 0) is 0 Å². The summed E-state index contributed by atoms with van der Waals surface area (Å²) in [4.78, 5) is 0. The first kappa shape index (κ1) is 12.7.